The molecule has 10 rings (SSSR count). The molecule has 4 heterocycles. The van der Waals surface area contributed by atoms with E-state index in [1.165, 1.54) is 20.6 Å². The van der Waals surface area contributed by atoms with E-state index in [4.69, 9.17) is 38.5 Å². The van der Waals surface area contributed by atoms with E-state index in [0.29, 0.717) is 41.2 Å². The van der Waals surface area contributed by atoms with Crippen molar-refractivity contribution in [3.8, 4) is 34.1 Å². The van der Waals surface area contributed by atoms with Crippen molar-refractivity contribution in [1.82, 2.24) is 9.80 Å². The van der Waals surface area contributed by atoms with E-state index in [0.717, 1.165) is 108 Å². The maximum absolute atomic E-state index is 13.7. The fourth-order valence-electron chi connectivity index (χ4n) is 8.79. The zero-order valence-corrected chi connectivity index (χ0v) is 42.9. The molecule has 0 aromatic heterocycles. The number of nitrogens with zero attached hydrogens (tertiary/aromatic N) is 4. The average molecular weight is 1070 g/mol. The van der Waals surface area contributed by atoms with Crippen molar-refractivity contribution < 1.29 is 57.6 Å². The third kappa shape index (κ3) is 13.5. The number of piperidine rings is 2. The monoisotopic (exact) mass is 1070 g/mol. The van der Waals surface area contributed by atoms with Gasteiger partial charge in [0, 0.05) is 42.0 Å². The van der Waals surface area contributed by atoms with Crippen LogP contribution in [0.3, 0.4) is 0 Å². The largest absolute Gasteiger partial charge is 0.488 e. The number of halogens is 1. The number of methoxy groups -OCH3 is 2. The average Bonchev–Trinajstić information content (AvgIpc) is 4.14. The Bertz CT molecular complexity index is 2890. The number of fused-ring (bicyclic) bond motifs is 2. The Morgan fingerprint density at radius 2 is 0.973 bits per heavy atom. The lowest BCUT2D eigenvalue weighted by Crippen LogP contribution is -2.45. The second-order valence-corrected chi connectivity index (χ2v) is 18.7. The molecule has 4 amide bonds. The third-order valence-corrected chi connectivity index (χ3v) is 13.3. The van der Waals surface area contributed by atoms with Crippen LogP contribution < -0.4 is 34.2 Å². The Morgan fingerprint density at radius 3 is 1.46 bits per heavy atom. The molecule has 16 nitrogen and oxygen atoms in total. The maximum Gasteiger partial charge on any atom is 0.488 e. The van der Waals surface area contributed by atoms with Crippen LogP contribution in [0.4, 0.5) is 21.0 Å². The van der Waals surface area contributed by atoms with Gasteiger partial charge in [0.25, 0.3) is 0 Å². The molecule has 0 aliphatic carbocycles. The van der Waals surface area contributed by atoms with Crippen LogP contribution in [0.15, 0.2) is 138 Å². The first-order valence-corrected chi connectivity index (χ1v) is 25.3. The summed E-state index contributed by atoms with van der Waals surface area (Å²) in [5, 5.41) is 17.6. The Kier molecular flexibility index (Phi) is 18.1. The summed E-state index contributed by atoms with van der Waals surface area (Å²) in [6.45, 7) is 4.37. The van der Waals surface area contributed by atoms with E-state index < -0.39 is 7.12 Å². The number of hydrogen-bond donors (Lipinski definition) is 2. The molecule has 4 aliphatic heterocycles. The Morgan fingerprint density at radius 1 is 0.527 bits per heavy atom. The van der Waals surface area contributed by atoms with Crippen LogP contribution in [0, 0.1) is 0 Å². The van der Waals surface area contributed by atoms with Gasteiger partial charge in [-0.2, -0.15) is 0 Å². The highest BCUT2D eigenvalue weighted by molar-refractivity contribution is 9.10. The van der Waals surface area contributed by atoms with Gasteiger partial charge in [-0.25, -0.2) is 19.2 Å². The minimum atomic E-state index is -1.46. The molecule has 384 valence electrons. The number of carbonyl (C=O) groups excluding carboxylic acids is 4. The molecule has 0 saturated carbocycles. The lowest BCUT2D eigenvalue weighted by Gasteiger charge is -2.33. The fraction of sp³-hybridized carbons (Fsp3) is 0.286. The number of carbonyl (C=O) groups is 4. The van der Waals surface area contributed by atoms with Gasteiger partial charge in [0.1, 0.15) is 0 Å². The molecule has 0 unspecified atom stereocenters. The number of rotatable bonds is 10. The van der Waals surface area contributed by atoms with Gasteiger partial charge in [0.05, 0.1) is 38.4 Å². The number of esters is 2. The summed E-state index contributed by atoms with van der Waals surface area (Å²) in [6.07, 6.45) is 6.46. The smallest absolute Gasteiger partial charge is 0.465 e. The number of hydrogen-bond acceptors (Lipinski definition) is 12. The molecule has 2 fully saturated rings. The molecule has 0 radical (unpaired) electrons. The summed E-state index contributed by atoms with van der Waals surface area (Å²) < 4.78 is 31.5. The van der Waals surface area contributed by atoms with Crippen LogP contribution in [-0.2, 0) is 22.6 Å². The SMILES string of the molecule is COC(=O)c1ccc(CN(C(=O)N2CCCCC2)c2cccc(-c3ccc4c(c3)OCO4)c2)cc1.COC(=O)c1ccc(CN(C(=O)N2CCCCC2)c2cccc(Br)c2)cc1.OB(O)c1ccc2c(c1)OCO2. The number of benzene rings is 6. The Hall–Kier alpha value is -7.54. The predicted octanol–water partition coefficient (Wildman–Crippen LogP) is 9.42. The number of ether oxygens (including phenoxy) is 6. The number of likely N-dealkylation sites (tertiary alicyclic amines) is 2. The van der Waals surface area contributed by atoms with E-state index in [1.54, 1.807) is 47.4 Å². The van der Waals surface area contributed by atoms with Crippen LogP contribution in [-0.4, -0.2) is 105 Å². The highest BCUT2D eigenvalue weighted by Crippen LogP contribution is 2.37. The normalized spacial score (nSPS) is 14.1. The van der Waals surface area contributed by atoms with Gasteiger partial charge in [-0.1, -0.05) is 70.5 Å². The molecule has 74 heavy (non-hydrogen) atoms. The molecule has 18 heteroatoms. The van der Waals surface area contributed by atoms with Gasteiger partial charge in [-0.05, 0) is 145 Å². The van der Waals surface area contributed by atoms with Crippen molar-refractivity contribution >= 4 is 63.9 Å². The number of anilines is 2. The van der Waals surface area contributed by atoms with E-state index in [-0.39, 0.29) is 37.6 Å². The summed E-state index contributed by atoms with van der Waals surface area (Å²) in [7, 11) is 1.27. The number of amides is 4. The Balaban J connectivity index is 0.000000164. The Labute approximate surface area is 439 Å². The van der Waals surface area contributed by atoms with Gasteiger partial charge in [0.15, 0.2) is 23.0 Å². The van der Waals surface area contributed by atoms with E-state index in [2.05, 4.69) is 15.9 Å². The zero-order chi connectivity index (χ0) is 52.0. The van der Waals surface area contributed by atoms with Crippen LogP contribution in [0.1, 0.15) is 70.4 Å². The molecule has 0 atom stereocenters. The van der Waals surface area contributed by atoms with Crippen molar-refractivity contribution in [1.29, 1.82) is 0 Å². The minimum absolute atomic E-state index is 0.00965. The lowest BCUT2D eigenvalue weighted by atomic mass is 9.80. The van der Waals surface area contributed by atoms with Gasteiger partial charge in [0.2, 0.25) is 13.6 Å². The molecule has 2 saturated heterocycles. The molecular weight excluding hydrogens is 1010 g/mol. The first-order valence-electron chi connectivity index (χ1n) is 24.5. The topological polar surface area (TPSA) is 177 Å². The first-order chi connectivity index (χ1) is 36.0. The van der Waals surface area contributed by atoms with Crippen LogP contribution in [0.2, 0.25) is 0 Å². The van der Waals surface area contributed by atoms with Crippen LogP contribution in [0.25, 0.3) is 11.1 Å². The maximum atomic E-state index is 13.7. The third-order valence-electron chi connectivity index (χ3n) is 12.8. The summed E-state index contributed by atoms with van der Waals surface area (Å²) >= 11 is 3.49. The molecule has 6 aromatic carbocycles. The van der Waals surface area contributed by atoms with Gasteiger partial charge < -0.3 is 48.3 Å². The van der Waals surface area contributed by atoms with Gasteiger partial charge in [-0.15, -0.1) is 0 Å². The highest BCUT2D eigenvalue weighted by Gasteiger charge is 2.27. The minimum Gasteiger partial charge on any atom is -0.465 e. The van der Waals surface area contributed by atoms with E-state index in [1.807, 2.05) is 106 Å². The van der Waals surface area contributed by atoms with Crippen LogP contribution >= 0.6 is 15.9 Å². The van der Waals surface area contributed by atoms with Crippen molar-refractivity contribution in [2.24, 2.45) is 0 Å². The standard InChI is InChI=1S/C28H28N2O5.C21H23BrN2O3.C7H7BO4/c1-33-27(31)21-10-8-20(9-11-21)18-30(28(32)29-14-3-2-4-15-29)24-7-5-6-22(16-24)23-12-13-25-26(17-23)35-19-34-25;1-27-20(25)17-10-8-16(9-11-17)15-24(19-7-5-6-18(22)14-19)21(26)23-12-3-2-4-13-23;9-8(10)5-1-2-6-7(3-5)12-4-11-6/h5-13,16-17H,2-4,14-15,18-19H2,1H3;5-11,14H,2-4,12-13,15H2,1H3;1-3,9-10H,4H2. The van der Waals surface area contributed by atoms with Gasteiger partial charge >= 0.3 is 31.1 Å². The molecule has 4 aliphatic rings. The van der Waals surface area contributed by atoms with Gasteiger partial charge in [-0.3, -0.25) is 9.80 Å². The van der Waals surface area contributed by atoms with E-state index >= 15 is 0 Å². The highest BCUT2D eigenvalue weighted by atomic mass is 79.9. The van der Waals surface area contributed by atoms with Crippen molar-refractivity contribution in [3.63, 3.8) is 0 Å². The quantitative estimate of drug-likeness (QED) is 0.0983. The zero-order valence-electron chi connectivity index (χ0n) is 41.3. The summed E-state index contributed by atoms with van der Waals surface area (Å²) in [4.78, 5) is 57.8. The van der Waals surface area contributed by atoms with Crippen LogP contribution in [0.5, 0.6) is 23.0 Å². The summed E-state index contributed by atoms with van der Waals surface area (Å²) in [5.74, 6) is 1.91. The molecular formula is C56H58BBrN4O12. The summed E-state index contributed by atoms with van der Waals surface area (Å²) in [5.41, 5.74) is 6.89. The fourth-order valence-corrected chi connectivity index (χ4v) is 9.18. The summed E-state index contributed by atoms with van der Waals surface area (Å²) in [6, 6.07) is 40.8. The predicted molar refractivity (Wildman–Crippen MR) is 284 cm³/mol. The molecule has 0 spiro atoms. The number of urea groups is 2. The van der Waals surface area contributed by atoms with Crippen molar-refractivity contribution in [2.45, 2.75) is 51.6 Å². The molecule has 2 N–H and O–H groups in total. The second kappa shape index (κ2) is 25.4. The first kappa shape index (κ1) is 52.8. The molecule has 0 bridgehead atoms. The van der Waals surface area contributed by atoms with Crippen molar-refractivity contribution in [2.75, 3.05) is 63.8 Å². The second-order valence-electron chi connectivity index (χ2n) is 17.8. The molecule has 6 aromatic rings. The lowest BCUT2D eigenvalue weighted by molar-refractivity contribution is 0.0592. The van der Waals surface area contributed by atoms with E-state index in [9.17, 15) is 19.2 Å². The van der Waals surface area contributed by atoms with Crippen molar-refractivity contribution in [3.05, 3.63) is 160 Å².